The molecule has 0 unspecified atom stereocenters. The lowest BCUT2D eigenvalue weighted by atomic mass is 10.2. The van der Waals surface area contributed by atoms with Crippen molar-refractivity contribution in [2.45, 2.75) is 16.7 Å². The van der Waals surface area contributed by atoms with Gasteiger partial charge in [0, 0.05) is 0 Å². The largest absolute Gasteiger partial charge is 0.382 e. The third-order valence-corrected chi connectivity index (χ3v) is 4.80. The molecule has 0 saturated carbocycles. The molecule has 21 heavy (non-hydrogen) atoms. The number of nitrogen functional groups attached to an aromatic ring is 1. The molecule has 0 radical (unpaired) electrons. The van der Waals surface area contributed by atoms with Crippen molar-refractivity contribution in [2.24, 2.45) is 5.73 Å². The van der Waals surface area contributed by atoms with E-state index < -0.39 is 9.84 Å². The van der Waals surface area contributed by atoms with Crippen LogP contribution in [0.25, 0.3) is 0 Å². The highest BCUT2D eigenvalue weighted by atomic mass is 32.2. The first-order valence-corrected chi connectivity index (χ1v) is 7.58. The maximum atomic E-state index is 12.6. The molecule has 0 saturated heterocycles. The molecule has 0 aliphatic carbocycles. The molecule has 0 spiro atoms. The number of nitriles is 1. The molecule has 1 heterocycles. The molecule has 7 nitrogen and oxygen atoms in total. The van der Waals surface area contributed by atoms with E-state index in [0.717, 1.165) is 10.2 Å². The Kier molecular flexibility index (Phi) is 3.67. The van der Waals surface area contributed by atoms with Gasteiger partial charge in [-0.15, -0.1) is 0 Å². The van der Waals surface area contributed by atoms with Gasteiger partial charge in [-0.25, -0.2) is 8.42 Å². The van der Waals surface area contributed by atoms with Crippen LogP contribution >= 0.6 is 12.2 Å². The molecule has 0 aliphatic rings. The summed E-state index contributed by atoms with van der Waals surface area (Å²) in [6.07, 6.45) is 0. The highest BCUT2D eigenvalue weighted by molar-refractivity contribution is 7.91. The van der Waals surface area contributed by atoms with Crippen LogP contribution in [0.5, 0.6) is 0 Å². The van der Waals surface area contributed by atoms with Crippen LogP contribution in [0.4, 0.5) is 5.82 Å². The highest BCUT2D eigenvalue weighted by Crippen LogP contribution is 2.28. The van der Waals surface area contributed by atoms with Crippen molar-refractivity contribution < 1.29 is 8.42 Å². The first kappa shape index (κ1) is 15.0. The molecule has 2 rings (SSSR count). The molecule has 2 aromatic rings. The van der Waals surface area contributed by atoms with Crippen molar-refractivity contribution in [3.63, 3.8) is 0 Å². The van der Waals surface area contributed by atoms with E-state index >= 15 is 0 Å². The molecule has 1 aromatic carbocycles. The minimum atomic E-state index is -3.99. The fraction of sp³-hybridized carbons (Fsp3) is 0.0833. The molecular weight excluding hydrogens is 310 g/mol. The van der Waals surface area contributed by atoms with Crippen LogP contribution in [0.1, 0.15) is 11.3 Å². The number of anilines is 1. The molecule has 4 N–H and O–H groups in total. The monoisotopic (exact) mass is 321 g/mol. The first-order chi connectivity index (χ1) is 9.78. The van der Waals surface area contributed by atoms with Crippen LogP contribution < -0.4 is 11.5 Å². The number of sulfone groups is 1. The Morgan fingerprint density at radius 3 is 2.43 bits per heavy atom. The summed E-state index contributed by atoms with van der Waals surface area (Å²) in [5.74, 6) is -0.278. The number of hydrogen-bond donors (Lipinski definition) is 2. The predicted octanol–water partition coefficient (Wildman–Crippen LogP) is 0.570. The summed E-state index contributed by atoms with van der Waals surface area (Å²) in [5.41, 5.74) is 11.7. The predicted molar refractivity (Wildman–Crippen MR) is 80.2 cm³/mol. The van der Waals surface area contributed by atoms with E-state index in [1.807, 2.05) is 6.92 Å². The normalized spacial score (nSPS) is 11.0. The topological polar surface area (TPSA) is 128 Å². The summed E-state index contributed by atoms with van der Waals surface area (Å²) >= 11 is 4.72. The fourth-order valence-electron chi connectivity index (χ4n) is 1.76. The average molecular weight is 321 g/mol. The quantitative estimate of drug-likeness (QED) is 0.774. The molecule has 0 amide bonds. The summed E-state index contributed by atoms with van der Waals surface area (Å²) in [5, 5.41) is 12.5. The number of thiocarbonyl (C=S) groups is 1. The van der Waals surface area contributed by atoms with Gasteiger partial charge in [-0.1, -0.05) is 17.7 Å². The van der Waals surface area contributed by atoms with Crippen LogP contribution in [0.2, 0.25) is 0 Å². The van der Waals surface area contributed by atoms with E-state index in [4.69, 9.17) is 28.9 Å². The van der Waals surface area contributed by atoms with Crippen LogP contribution in [-0.4, -0.2) is 23.3 Å². The molecule has 9 heteroatoms. The lowest BCUT2D eigenvalue weighted by molar-refractivity contribution is 0.596. The van der Waals surface area contributed by atoms with Gasteiger partial charge >= 0.3 is 0 Å². The molecule has 1 aromatic heterocycles. The minimum absolute atomic E-state index is 0.0128. The van der Waals surface area contributed by atoms with Crippen LogP contribution in [-0.2, 0) is 9.84 Å². The van der Waals surface area contributed by atoms with Gasteiger partial charge in [0.15, 0.2) is 21.5 Å². The van der Waals surface area contributed by atoms with Gasteiger partial charge in [-0.2, -0.15) is 15.0 Å². The fourth-order valence-corrected chi connectivity index (χ4v) is 3.33. The second-order valence-electron chi connectivity index (χ2n) is 4.24. The summed E-state index contributed by atoms with van der Waals surface area (Å²) in [4.78, 5) is -0.375. The average Bonchev–Trinajstić information content (AvgIpc) is 2.77. The summed E-state index contributed by atoms with van der Waals surface area (Å²) in [7, 11) is -3.99. The van der Waals surface area contributed by atoms with Crippen LogP contribution in [0, 0.1) is 18.3 Å². The Balaban J connectivity index is 2.74. The molecular formula is C12H11N5O2S2. The van der Waals surface area contributed by atoms with Crippen molar-refractivity contribution in [3.8, 4) is 6.07 Å². The summed E-state index contributed by atoms with van der Waals surface area (Å²) in [6.45, 7) is 1.83. The van der Waals surface area contributed by atoms with E-state index in [9.17, 15) is 8.42 Å². The summed E-state index contributed by atoms with van der Waals surface area (Å²) in [6, 6.07) is 7.85. The molecule has 0 bridgehead atoms. The summed E-state index contributed by atoms with van der Waals surface area (Å²) < 4.78 is 26.1. The Bertz CT molecular complexity index is 860. The van der Waals surface area contributed by atoms with Crippen molar-refractivity contribution in [1.82, 2.24) is 9.78 Å². The van der Waals surface area contributed by atoms with Gasteiger partial charge in [-0.05, 0) is 31.3 Å². The second-order valence-corrected chi connectivity index (χ2v) is 6.55. The van der Waals surface area contributed by atoms with Gasteiger partial charge in [0.2, 0.25) is 9.84 Å². The lowest BCUT2D eigenvalue weighted by Gasteiger charge is -2.05. The number of nitrogens with zero attached hydrogens (tertiary/aromatic N) is 3. The smallest absolute Gasteiger partial charge is 0.213 e. The van der Waals surface area contributed by atoms with Crippen LogP contribution in [0.3, 0.4) is 0 Å². The number of aromatic nitrogens is 2. The Morgan fingerprint density at radius 1 is 1.38 bits per heavy atom. The van der Waals surface area contributed by atoms with Crippen molar-refractivity contribution in [2.75, 3.05) is 5.73 Å². The Labute approximate surface area is 126 Å². The van der Waals surface area contributed by atoms with Crippen LogP contribution in [0.15, 0.2) is 34.1 Å². The van der Waals surface area contributed by atoms with Gasteiger partial charge in [0.05, 0.1) is 4.90 Å². The highest BCUT2D eigenvalue weighted by Gasteiger charge is 2.30. The second kappa shape index (κ2) is 5.16. The lowest BCUT2D eigenvalue weighted by Crippen LogP contribution is -2.22. The Hall–Kier alpha value is -2.44. The first-order valence-electron chi connectivity index (χ1n) is 5.69. The number of hydrogen-bond acceptors (Lipinski definition) is 6. The van der Waals surface area contributed by atoms with E-state index in [1.165, 1.54) is 12.1 Å². The third kappa shape index (κ3) is 2.46. The maximum absolute atomic E-state index is 12.6. The van der Waals surface area contributed by atoms with E-state index in [0.29, 0.717) is 0 Å². The molecule has 108 valence electrons. The van der Waals surface area contributed by atoms with Gasteiger partial charge in [-0.3, -0.25) is 0 Å². The SMILES string of the molecule is Cc1ccc(S(=O)(=O)c2c(C#N)nn(C(N)=S)c2N)cc1. The van der Waals surface area contributed by atoms with Crippen molar-refractivity contribution in [3.05, 3.63) is 35.5 Å². The van der Waals surface area contributed by atoms with Crippen molar-refractivity contribution >= 4 is 33.0 Å². The molecule has 0 fully saturated rings. The van der Waals surface area contributed by atoms with Crippen molar-refractivity contribution in [1.29, 1.82) is 5.26 Å². The molecule has 0 atom stereocenters. The zero-order valence-electron chi connectivity index (χ0n) is 10.9. The van der Waals surface area contributed by atoms with Gasteiger partial charge in [0.25, 0.3) is 0 Å². The number of nitrogens with two attached hydrogens (primary N) is 2. The van der Waals surface area contributed by atoms with E-state index in [-0.39, 0.29) is 26.4 Å². The van der Waals surface area contributed by atoms with E-state index in [2.05, 4.69) is 5.10 Å². The van der Waals surface area contributed by atoms with Gasteiger partial charge in [0.1, 0.15) is 6.07 Å². The maximum Gasteiger partial charge on any atom is 0.213 e. The molecule has 0 aliphatic heterocycles. The van der Waals surface area contributed by atoms with Gasteiger partial charge < -0.3 is 11.5 Å². The number of aryl methyl sites for hydroxylation is 1. The minimum Gasteiger partial charge on any atom is -0.382 e. The number of benzene rings is 1. The van der Waals surface area contributed by atoms with E-state index in [1.54, 1.807) is 18.2 Å². The number of rotatable bonds is 2. The zero-order valence-corrected chi connectivity index (χ0v) is 12.6. The zero-order chi connectivity index (χ0) is 15.8. The Morgan fingerprint density at radius 2 is 1.95 bits per heavy atom. The standard InChI is InChI=1S/C12H11N5O2S2/c1-7-2-4-8(5-3-7)21(18,19)10-9(6-13)16-17(11(10)14)12(15)20/h2-5H,14H2,1H3,(H2,15,20). The third-order valence-electron chi connectivity index (χ3n) is 2.79.